The lowest BCUT2D eigenvalue weighted by atomic mass is 10.2. The van der Waals surface area contributed by atoms with Gasteiger partial charge < -0.3 is 4.57 Å². The van der Waals surface area contributed by atoms with E-state index in [0.29, 0.717) is 6.54 Å². The molecule has 3 nitrogen and oxygen atoms in total. The second-order valence-corrected chi connectivity index (χ2v) is 5.06. The van der Waals surface area contributed by atoms with Crippen LogP contribution in [0.3, 0.4) is 0 Å². The Morgan fingerprint density at radius 1 is 1.29 bits per heavy atom. The van der Waals surface area contributed by atoms with E-state index in [1.54, 1.807) is 23.2 Å². The van der Waals surface area contributed by atoms with Crippen LogP contribution in [0.1, 0.15) is 16.7 Å². The van der Waals surface area contributed by atoms with Crippen LogP contribution in [-0.4, -0.2) is 9.55 Å². The molecule has 0 radical (unpaired) electrons. The molecule has 2 aromatic heterocycles. The van der Waals surface area contributed by atoms with Gasteiger partial charge in [0.25, 0.3) is 5.56 Å². The van der Waals surface area contributed by atoms with Crippen LogP contribution in [0, 0.1) is 13.8 Å². The molecule has 0 aliphatic rings. The summed E-state index contributed by atoms with van der Waals surface area (Å²) in [6, 6.07) is 3.86. The van der Waals surface area contributed by atoms with Crippen LogP contribution in [0.15, 0.2) is 40.0 Å². The second-order valence-electron chi connectivity index (χ2n) is 4.14. The molecule has 0 spiro atoms. The molecule has 17 heavy (non-hydrogen) atoms. The Morgan fingerprint density at radius 3 is 2.76 bits per heavy atom. The number of nitrogens with zero attached hydrogens (tertiary/aromatic N) is 2. The van der Waals surface area contributed by atoms with Gasteiger partial charge in [-0.2, -0.15) is 0 Å². The fraction of sp³-hybridized carbons (Fsp3) is 0.231. The number of halogens is 1. The van der Waals surface area contributed by atoms with Crippen molar-refractivity contribution >= 4 is 15.9 Å². The molecular formula is C13H13BrN2O. The zero-order chi connectivity index (χ0) is 12.4. The Labute approximate surface area is 108 Å². The van der Waals surface area contributed by atoms with E-state index in [0.717, 1.165) is 21.2 Å². The average Bonchev–Trinajstić information content (AvgIpc) is 2.25. The quantitative estimate of drug-likeness (QED) is 0.853. The highest BCUT2D eigenvalue weighted by molar-refractivity contribution is 9.10. The van der Waals surface area contributed by atoms with Crippen LogP contribution in [0.25, 0.3) is 0 Å². The van der Waals surface area contributed by atoms with Gasteiger partial charge in [0.15, 0.2) is 0 Å². The van der Waals surface area contributed by atoms with Crippen molar-refractivity contribution < 1.29 is 0 Å². The monoisotopic (exact) mass is 292 g/mol. The number of hydrogen-bond donors (Lipinski definition) is 0. The largest absolute Gasteiger partial charge is 0.310 e. The Hall–Kier alpha value is -1.42. The highest BCUT2D eigenvalue weighted by Gasteiger charge is 2.03. The summed E-state index contributed by atoms with van der Waals surface area (Å²) in [5, 5.41) is 0. The van der Waals surface area contributed by atoms with Gasteiger partial charge in [0, 0.05) is 28.6 Å². The predicted octanol–water partition coefficient (Wildman–Crippen LogP) is 2.67. The number of aryl methyl sites for hydroxylation is 2. The summed E-state index contributed by atoms with van der Waals surface area (Å²) in [7, 11) is 0. The molecule has 0 unspecified atom stereocenters. The van der Waals surface area contributed by atoms with Crippen molar-refractivity contribution in [3.63, 3.8) is 0 Å². The molecule has 0 N–H and O–H groups in total. The van der Waals surface area contributed by atoms with Gasteiger partial charge in [0.05, 0.1) is 6.54 Å². The fourth-order valence-electron chi connectivity index (χ4n) is 1.76. The van der Waals surface area contributed by atoms with Crippen molar-refractivity contribution in [2.45, 2.75) is 20.4 Å². The third kappa shape index (κ3) is 2.82. The Bertz CT molecular complexity index is 605. The molecule has 0 atom stereocenters. The third-order valence-corrected chi connectivity index (χ3v) is 2.95. The molecule has 2 heterocycles. The molecule has 0 saturated carbocycles. The molecule has 0 aromatic carbocycles. The lowest BCUT2D eigenvalue weighted by Gasteiger charge is -2.08. The Morgan fingerprint density at radius 2 is 2.06 bits per heavy atom. The van der Waals surface area contributed by atoms with Crippen LogP contribution in [-0.2, 0) is 6.54 Å². The first-order valence-corrected chi connectivity index (χ1v) is 6.12. The normalized spacial score (nSPS) is 10.5. The second kappa shape index (κ2) is 4.84. The molecule has 0 aliphatic heterocycles. The van der Waals surface area contributed by atoms with E-state index in [1.165, 1.54) is 0 Å². The summed E-state index contributed by atoms with van der Waals surface area (Å²) in [5.74, 6) is 0. The van der Waals surface area contributed by atoms with Crippen molar-refractivity contribution in [2.24, 2.45) is 0 Å². The van der Waals surface area contributed by atoms with Gasteiger partial charge >= 0.3 is 0 Å². The zero-order valence-electron chi connectivity index (χ0n) is 9.77. The van der Waals surface area contributed by atoms with Gasteiger partial charge in [-0.15, -0.1) is 0 Å². The maximum atomic E-state index is 11.9. The van der Waals surface area contributed by atoms with Crippen LogP contribution < -0.4 is 5.56 Å². The van der Waals surface area contributed by atoms with E-state index in [4.69, 9.17) is 0 Å². The number of rotatable bonds is 2. The minimum absolute atomic E-state index is 0.0368. The fourth-order valence-corrected chi connectivity index (χ4v) is 2.35. The lowest BCUT2D eigenvalue weighted by Crippen LogP contribution is -2.22. The zero-order valence-corrected chi connectivity index (χ0v) is 11.4. The highest BCUT2D eigenvalue weighted by Crippen LogP contribution is 2.10. The van der Waals surface area contributed by atoms with Crippen LogP contribution in [0.5, 0.6) is 0 Å². The summed E-state index contributed by atoms with van der Waals surface area (Å²) in [4.78, 5) is 16.1. The summed E-state index contributed by atoms with van der Waals surface area (Å²) in [5.41, 5.74) is 2.90. The van der Waals surface area contributed by atoms with Crippen molar-refractivity contribution in [3.05, 3.63) is 62.2 Å². The van der Waals surface area contributed by atoms with E-state index < -0.39 is 0 Å². The summed E-state index contributed by atoms with van der Waals surface area (Å²) >= 11 is 3.40. The molecule has 2 rings (SSSR count). The Kier molecular flexibility index (Phi) is 3.43. The molecular weight excluding hydrogens is 280 g/mol. The average molecular weight is 293 g/mol. The summed E-state index contributed by atoms with van der Waals surface area (Å²) < 4.78 is 2.60. The van der Waals surface area contributed by atoms with E-state index in [-0.39, 0.29) is 5.56 Å². The summed E-state index contributed by atoms with van der Waals surface area (Å²) in [6.45, 7) is 4.36. The van der Waals surface area contributed by atoms with E-state index in [2.05, 4.69) is 20.9 Å². The van der Waals surface area contributed by atoms with Crippen molar-refractivity contribution in [3.8, 4) is 0 Å². The third-order valence-electron chi connectivity index (χ3n) is 2.52. The smallest absolute Gasteiger partial charge is 0.253 e. The molecule has 0 bridgehead atoms. The molecule has 0 aliphatic carbocycles. The summed E-state index contributed by atoms with van der Waals surface area (Å²) in [6.07, 6.45) is 5.39. The minimum Gasteiger partial charge on any atom is -0.310 e. The molecule has 0 amide bonds. The van der Waals surface area contributed by atoms with E-state index >= 15 is 0 Å². The van der Waals surface area contributed by atoms with Crippen LogP contribution >= 0.6 is 15.9 Å². The minimum atomic E-state index is 0.0368. The van der Waals surface area contributed by atoms with Crippen LogP contribution in [0.4, 0.5) is 0 Å². The van der Waals surface area contributed by atoms with E-state index in [9.17, 15) is 4.79 Å². The standard InChI is InChI=1S/C13H13BrN2O/c1-9-3-11(6-15-5-9)7-16-8-12(14)4-10(2)13(16)17/h3-6,8H,7H2,1-2H3. The number of pyridine rings is 2. The Balaban J connectivity index is 2.40. The maximum Gasteiger partial charge on any atom is 0.253 e. The van der Waals surface area contributed by atoms with E-state index in [1.807, 2.05) is 26.0 Å². The van der Waals surface area contributed by atoms with Crippen molar-refractivity contribution in [2.75, 3.05) is 0 Å². The molecule has 2 aromatic rings. The predicted molar refractivity (Wildman–Crippen MR) is 71.2 cm³/mol. The topological polar surface area (TPSA) is 34.9 Å². The number of hydrogen-bond acceptors (Lipinski definition) is 2. The van der Waals surface area contributed by atoms with Gasteiger partial charge in [-0.05, 0) is 47.0 Å². The van der Waals surface area contributed by atoms with Gasteiger partial charge in [0.2, 0.25) is 0 Å². The molecule has 88 valence electrons. The van der Waals surface area contributed by atoms with Gasteiger partial charge in [-0.3, -0.25) is 9.78 Å². The van der Waals surface area contributed by atoms with Gasteiger partial charge in [-0.1, -0.05) is 6.07 Å². The van der Waals surface area contributed by atoms with Crippen molar-refractivity contribution in [1.29, 1.82) is 0 Å². The number of aromatic nitrogens is 2. The molecule has 4 heteroatoms. The van der Waals surface area contributed by atoms with Gasteiger partial charge in [-0.25, -0.2) is 0 Å². The van der Waals surface area contributed by atoms with Crippen LogP contribution in [0.2, 0.25) is 0 Å². The van der Waals surface area contributed by atoms with Crippen molar-refractivity contribution in [1.82, 2.24) is 9.55 Å². The molecule has 0 fully saturated rings. The lowest BCUT2D eigenvalue weighted by molar-refractivity contribution is 0.745. The SMILES string of the molecule is Cc1cncc(Cn2cc(Br)cc(C)c2=O)c1. The first-order chi connectivity index (χ1) is 8.06. The highest BCUT2D eigenvalue weighted by atomic mass is 79.9. The first-order valence-electron chi connectivity index (χ1n) is 5.33. The van der Waals surface area contributed by atoms with Gasteiger partial charge in [0.1, 0.15) is 0 Å². The first kappa shape index (κ1) is 12.0. The molecule has 0 saturated heterocycles. The maximum absolute atomic E-state index is 11.9.